The van der Waals surface area contributed by atoms with E-state index in [-0.39, 0.29) is 0 Å². The molecule has 0 saturated carbocycles. The van der Waals surface area contributed by atoms with E-state index in [0.29, 0.717) is 6.42 Å². The molecule has 17 heavy (non-hydrogen) atoms. The zero-order valence-corrected chi connectivity index (χ0v) is 10.2. The van der Waals surface area contributed by atoms with Gasteiger partial charge in [-0.25, -0.2) is 0 Å². The van der Waals surface area contributed by atoms with E-state index in [1.54, 1.807) is 6.92 Å². The van der Waals surface area contributed by atoms with Crippen LogP contribution in [0.1, 0.15) is 32.3 Å². The number of aromatic nitrogens is 1. The molecule has 1 aromatic carbocycles. The first-order valence-corrected chi connectivity index (χ1v) is 5.89. The van der Waals surface area contributed by atoms with Gasteiger partial charge >= 0.3 is 5.97 Å². The molecule has 0 radical (unpaired) electrons. The molecule has 2 aromatic rings. The molecule has 2 rings (SSSR count). The summed E-state index contributed by atoms with van der Waals surface area (Å²) in [4.78, 5) is 14.7. The molecule has 1 atom stereocenters. The Balaban J connectivity index is 2.60. The van der Waals surface area contributed by atoms with Gasteiger partial charge in [-0.15, -0.1) is 0 Å². The molecule has 0 saturated heterocycles. The van der Waals surface area contributed by atoms with Crippen molar-refractivity contribution in [1.82, 2.24) is 4.98 Å². The molecule has 1 aromatic heterocycles. The van der Waals surface area contributed by atoms with Crippen LogP contribution >= 0.6 is 0 Å². The summed E-state index contributed by atoms with van der Waals surface area (Å²) in [6.07, 6.45) is 3.32. The van der Waals surface area contributed by atoms with Crippen molar-refractivity contribution in [3.05, 3.63) is 36.0 Å². The van der Waals surface area contributed by atoms with Crippen LogP contribution in [0.2, 0.25) is 0 Å². The number of benzene rings is 1. The third kappa shape index (κ3) is 1.82. The average molecular weight is 231 g/mol. The molecule has 1 heterocycles. The number of para-hydroxylation sites is 1. The summed E-state index contributed by atoms with van der Waals surface area (Å²) in [6.45, 7) is 3.81. The highest BCUT2D eigenvalue weighted by Gasteiger charge is 2.36. The van der Waals surface area contributed by atoms with Gasteiger partial charge in [0.05, 0.1) is 5.41 Å². The Morgan fingerprint density at radius 1 is 1.41 bits per heavy atom. The second-order valence-corrected chi connectivity index (χ2v) is 4.64. The van der Waals surface area contributed by atoms with E-state index in [1.165, 1.54) is 0 Å². The van der Waals surface area contributed by atoms with Crippen molar-refractivity contribution in [2.75, 3.05) is 0 Å². The number of hydrogen-bond acceptors (Lipinski definition) is 1. The van der Waals surface area contributed by atoms with E-state index < -0.39 is 11.4 Å². The third-order valence-electron chi connectivity index (χ3n) is 3.41. The predicted molar refractivity (Wildman–Crippen MR) is 68.2 cm³/mol. The van der Waals surface area contributed by atoms with Crippen molar-refractivity contribution >= 4 is 16.9 Å². The fourth-order valence-corrected chi connectivity index (χ4v) is 2.38. The second kappa shape index (κ2) is 4.24. The van der Waals surface area contributed by atoms with Gasteiger partial charge in [-0.2, -0.15) is 0 Å². The van der Waals surface area contributed by atoms with Crippen molar-refractivity contribution in [2.45, 2.75) is 32.1 Å². The number of carboxylic acids is 1. The van der Waals surface area contributed by atoms with Crippen LogP contribution in [-0.4, -0.2) is 16.1 Å². The van der Waals surface area contributed by atoms with Gasteiger partial charge < -0.3 is 10.1 Å². The zero-order valence-electron chi connectivity index (χ0n) is 10.2. The minimum atomic E-state index is -0.811. The van der Waals surface area contributed by atoms with E-state index in [0.717, 1.165) is 22.9 Å². The Hall–Kier alpha value is -1.77. The first-order chi connectivity index (χ1) is 8.09. The van der Waals surface area contributed by atoms with Crippen LogP contribution in [-0.2, 0) is 10.2 Å². The van der Waals surface area contributed by atoms with Gasteiger partial charge in [0.2, 0.25) is 0 Å². The number of nitrogens with one attached hydrogen (secondary N) is 1. The molecule has 0 bridgehead atoms. The fraction of sp³-hybridized carbons (Fsp3) is 0.357. The van der Waals surface area contributed by atoms with Crippen LogP contribution < -0.4 is 0 Å². The van der Waals surface area contributed by atoms with Crippen molar-refractivity contribution in [1.29, 1.82) is 0 Å². The zero-order chi connectivity index (χ0) is 12.5. The Morgan fingerprint density at radius 2 is 2.12 bits per heavy atom. The van der Waals surface area contributed by atoms with Crippen LogP contribution in [0.5, 0.6) is 0 Å². The van der Waals surface area contributed by atoms with Crippen LogP contribution in [0, 0.1) is 0 Å². The van der Waals surface area contributed by atoms with E-state index >= 15 is 0 Å². The molecule has 0 spiro atoms. The summed E-state index contributed by atoms with van der Waals surface area (Å²) in [6, 6.07) is 7.82. The number of hydrogen-bond donors (Lipinski definition) is 2. The lowest BCUT2D eigenvalue weighted by molar-refractivity contribution is -0.143. The maximum Gasteiger partial charge on any atom is 0.313 e. The molecule has 0 fully saturated rings. The van der Waals surface area contributed by atoms with Gasteiger partial charge in [-0.3, -0.25) is 4.79 Å². The number of carboxylic acid groups (broad SMARTS) is 1. The topological polar surface area (TPSA) is 53.1 Å². The normalized spacial score (nSPS) is 14.7. The summed E-state index contributed by atoms with van der Waals surface area (Å²) in [7, 11) is 0. The molecule has 2 N–H and O–H groups in total. The number of carbonyl (C=O) groups is 1. The maximum absolute atomic E-state index is 11.5. The molecular weight excluding hydrogens is 214 g/mol. The van der Waals surface area contributed by atoms with Crippen molar-refractivity contribution < 1.29 is 9.90 Å². The molecule has 90 valence electrons. The number of H-pyrrole nitrogens is 1. The number of rotatable bonds is 4. The highest BCUT2D eigenvalue weighted by atomic mass is 16.4. The van der Waals surface area contributed by atoms with Gasteiger partial charge in [-0.05, 0) is 25.0 Å². The van der Waals surface area contributed by atoms with Crippen LogP contribution in [0.3, 0.4) is 0 Å². The molecule has 0 amide bonds. The summed E-state index contributed by atoms with van der Waals surface area (Å²) in [5, 5.41) is 10.5. The van der Waals surface area contributed by atoms with E-state index in [2.05, 4.69) is 4.98 Å². The third-order valence-corrected chi connectivity index (χ3v) is 3.41. The lowest BCUT2D eigenvalue weighted by atomic mass is 9.78. The van der Waals surface area contributed by atoms with Crippen molar-refractivity contribution in [3.63, 3.8) is 0 Å². The maximum atomic E-state index is 11.5. The quantitative estimate of drug-likeness (QED) is 0.848. The van der Waals surface area contributed by atoms with E-state index in [9.17, 15) is 9.90 Å². The number of aromatic amines is 1. The SMILES string of the molecule is CCCC(C)(C(=O)O)c1c[nH]c2ccccc12. The van der Waals surface area contributed by atoms with E-state index in [1.807, 2.05) is 37.4 Å². The molecule has 1 unspecified atom stereocenters. The van der Waals surface area contributed by atoms with Crippen LogP contribution in [0.25, 0.3) is 10.9 Å². The van der Waals surface area contributed by atoms with Crippen molar-refractivity contribution in [2.24, 2.45) is 0 Å². The largest absolute Gasteiger partial charge is 0.481 e. The van der Waals surface area contributed by atoms with Gasteiger partial charge in [0.1, 0.15) is 0 Å². The Bertz CT molecular complexity index is 544. The number of fused-ring (bicyclic) bond motifs is 1. The molecule has 0 aliphatic carbocycles. The van der Waals surface area contributed by atoms with Crippen LogP contribution in [0.15, 0.2) is 30.5 Å². The summed E-state index contributed by atoms with van der Waals surface area (Å²) < 4.78 is 0. The summed E-state index contributed by atoms with van der Waals surface area (Å²) >= 11 is 0. The second-order valence-electron chi connectivity index (χ2n) is 4.64. The predicted octanol–water partition coefficient (Wildman–Crippen LogP) is 3.31. The molecule has 3 nitrogen and oxygen atoms in total. The summed E-state index contributed by atoms with van der Waals surface area (Å²) in [5.74, 6) is -0.760. The Labute approximate surface area is 100 Å². The lowest BCUT2D eigenvalue weighted by Gasteiger charge is -2.23. The summed E-state index contributed by atoms with van der Waals surface area (Å²) in [5.41, 5.74) is 1.06. The van der Waals surface area contributed by atoms with Crippen molar-refractivity contribution in [3.8, 4) is 0 Å². The van der Waals surface area contributed by atoms with Gasteiger partial charge in [0, 0.05) is 17.1 Å². The number of aliphatic carboxylic acids is 1. The van der Waals surface area contributed by atoms with Gasteiger partial charge in [0.25, 0.3) is 0 Å². The van der Waals surface area contributed by atoms with Gasteiger partial charge in [-0.1, -0.05) is 31.5 Å². The minimum Gasteiger partial charge on any atom is -0.481 e. The molecular formula is C14H17NO2. The van der Waals surface area contributed by atoms with Crippen LogP contribution in [0.4, 0.5) is 0 Å². The highest BCUT2D eigenvalue weighted by molar-refractivity contribution is 5.91. The first kappa shape index (κ1) is 11.7. The molecule has 0 aliphatic rings. The van der Waals surface area contributed by atoms with Gasteiger partial charge in [0.15, 0.2) is 0 Å². The lowest BCUT2D eigenvalue weighted by Crippen LogP contribution is -2.31. The smallest absolute Gasteiger partial charge is 0.313 e. The monoisotopic (exact) mass is 231 g/mol. The highest BCUT2D eigenvalue weighted by Crippen LogP contribution is 2.34. The Kier molecular flexibility index (Phi) is 2.92. The first-order valence-electron chi connectivity index (χ1n) is 5.89. The molecule has 0 aliphatic heterocycles. The molecule has 3 heteroatoms. The minimum absolute atomic E-state index is 0.643. The average Bonchev–Trinajstić information content (AvgIpc) is 2.73. The Morgan fingerprint density at radius 3 is 2.76 bits per heavy atom. The van der Waals surface area contributed by atoms with E-state index in [4.69, 9.17) is 0 Å². The fourth-order valence-electron chi connectivity index (χ4n) is 2.38. The standard InChI is InChI=1S/C14H17NO2/c1-3-8-14(2,13(16)17)11-9-15-12-7-5-4-6-10(11)12/h4-7,9,15H,3,8H2,1-2H3,(H,16,17).